The molecule has 94 valence electrons. The van der Waals surface area contributed by atoms with Crippen LogP contribution in [0.2, 0.25) is 0 Å². The zero-order chi connectivity index (χ0) is 13.2. The van der Waals surface area contributed by atoms with E-state index in [-0.39, 0.29) is 0 Å². The van der Waals surface area contributed by atoms with Crippen LogP contribution in [0.1, 0.15) is 5.56 Å². The quantitative estimate of drug-likeness (QED) is 0.862. The van der Waals surface area contributed by atoms with Crippen LogP contribution < -0.4 is 11.1 Å². The van der Waals surface area contributed by atoms with Gasteiger partial charge in [-0.1, -0.05) is 6.07 Å². The molecule has 0 amide bonds. The van der Waals surface area contributed by atoms with E-state index in [2.05, 4.69) is 10.3 Å². The number of rotatable bonds is 2. The Bertz CT molecular complexity index is 552. The molecule has 0 aliphatic heterocycles. The highest BCUT2D eigenvalue weighted by Crippen LogP contribution is 2.31. The summed E-state index contributed by atoms with van der Waals surface area (Å²) >= 11 is 0. The van der Waals surface area contributed by atoms with Gasteiger partial charge in [-0.3, -0.25) is 4.98 Å². The molecule has 0 saturated heterocycles. The number of benzene rings is 1. The van der Waals surface area contributed by atoms with E-state index in [0.29, 0.717) is 17.1 Å². The van der Waals surface area contributed by atoms with Crippen LogP contribution in [0.5, 0.6) is 0 Å². The summed E-state index contributed by atoms with van der Waals surface area (Å²) in [6, 6.07) is 6.51. The zero-order valence-corrected chi connectivity index (χ0v) is 9.20. The van der Waals surface area contributed by atoms with Gasteiger partial charge in [0.1, 0.15) is 0 Å². The van der Waals surface area contributed by atoms with Crippen molar-refractivity contribution in [3.8, 4) is 0 Å². The second-order valence-electron chi connectivity index (χ2n) is 3.67. The van der Waals surface area contributed by atoms with Crippen LogP contribution in [0.15, 0.2) is 42.7 Å². The number of hydrogen-bond donors (Lipinski definition) is 2. The number of nitrogens with zero attached hydrogens (tertiary/aromatic N) is 1. The van der Waals surface area contributed by atoms with Crippen molar-refractivity contribution in [3.05, 3.63) is 48.3 Å². The van der Waals surface area contributed by atoms with Crippen LogP contribution in [-0.4, -0.2) is 4.98 Å². The van der Waals surface area contributed by atoms with Gasteiger partial charge < -0.3 is 11.1 Å². The first-order valence-corrected chi connectivity index (χ1v) is 5.10. The fraction of sp³-hybridized carbons (Fsp3) is 0.0833. The summed E-state index contributed by atoms with van der Waals surface area (Å²) in [5, 5.41) is 2.82. The minimum absolute atomic E-state index is 0.322. The summed E-state index contributed by atoms with van der Waals surface area (Å²) < 4.78 is 37.6. The maximum absolute atomic E-state index is 12.5. The van der Waals surface area contributed by atoms with Gasteiger partial charge >= 0.3 is 6.18 Å². The molecular weight excluding hydrogens is 243 g/mol. The van der Waals surface area contributed by atoms with Crippen LogP contribution in [-0.2, 0) is 6.18 Å². The number of nitrogens with two attached hydrogens (primary N) is 1. The highest BCUT2D eigenvalue weighted by molar-refractivity contribution is 5.71. The average molecular weight is 253 g/mol. The number of nitrogens with one attached hydrogen (secondary N) is 1. The normalized spacial score (nSPS) is 11.3. The van der Waals surface area contributed by atoms with E-state index in [1.54, 1.807) is 6.07 Å². The van der Waals surface area contributed by atoms with Gasteiger partial charge in [0, 0.05) is 11.9 Å². The molecule has 1 aromatic heterocycles. The second-order valence-corrected chi connectivity index (χ2v) is 3.67. The maximum atomic E-state index is 12.5. The average Bonchev–Trinajstić information content (AvgIpc) is 2.31. The fourth-order valence-electron chi connectivity index (χ4n) is 1.45. The topological polar surface area (TPSA) is 50.9 Å². The Balaban J connectivity index is 2.28. The van der Waals surface area contributed by atoms with Crippen molar-refractivity contribution < 1.29 is 13.2 Å². The highest BCUT2D eigenvalue weighted by atomic mass is 19.4. The summed E-state index contributed by atoms with van der Waals surface area (Å²) in [6.07, 6.45) is -1.43. The standard InChI is InChI=1S/C12H10F3N3/c13-12(14,15)8-2-1-3-9(6-8)18-11-4-5-17-7-10(11)16/h1-7H,16H2,(H,17,18). The Labute approximate surface area is 101 Å². The van der Waals surface area contributed by atoms with Gasteiger partial charge in [-0.15, -0.1) is 0 Å². The SMILES string of the molecule is Nc1cnccc1Nc1cccc(C(F)(F)F)c1. The van der Waals surface area contributed by atoms with Gasteiger partial charge in [0.05, 0.1) is 23.1 Å². The molecule has 0 radical (unpaired) electrons. The van der Waals surface area contributed by atoms with E-state index in [9.17, 15) is 13.2 Å². The van der Waals surface area contributed by atoms with Crippen molar-refractivity contribution in [1.82, 2.24) is 4.98 Å². The van der Waals surface area contributed by atoms with E-state index >= 15 is 0 Å². The Hall–Kier alpha value is -2.24. The molecule has 1 heterocycles. The molecule has 1 aromatic carbocycles. The van der Waals surface area contributed by atoms with Crippen molar-refractivity contribution in [2.75, 3.05) is 11.1 Å². The molecule has 6 heteroatoms. The first kappa shape index (κ1) is 12.2. The Kier molecular flexibility index (Phi) is 3.10. The molecular formula is C12H10F3N3. The minimum Gasteiger partial charge on any atom is -0.396 e. The third kappa shape index (κ3) is 2.71. The summed E-state index contributed by atoms with van der Waals surface area (Å²) in [7, 11) is 0. The van der Waals surface area contributed by atoms with Gasteiger partial charge in [-0.25, -0.2) is 0 Å². The Morgan fingerprint density at radius 2 is 1.94 bits per heavy atom. The van der Waals surface area contributed by atoms with E-state index in [4.69, 9.17) is 5.73 Å². The number of aromatic nitrogens is 1. The van der Waals surface area contributed by atoms with E-state index in [1.165, 1.54) is 24.5 Å². The van der Waals surface area contributed by atoms with Gasteiger partial charge in [-0.05, 0) is 24.3 Å². The third-order valence-corrected chi connectivity index (χ3v) is 2.32. The number of nitrogen functional groups attached to an aromatic ring is 1. The molecule has 3 nitrogen and oxygen atoms in total. The molecule has 3 N–H and O–H groups in total. The third-order valence-electron chi connectivity index (χ3n) is 2.32. The largest absolute Gasteiger partial charge is 0.416 e. The van der Waals surface area contributed by atoms with Gasteiger partial charge in [0.2, 0.25) is 0 Å². The number of halogens is 3. The predicted octanol–water partition coefficient (Wildman–Crippen LogP) is 3.43. The second kappa shape index (κ2) is 4.56. The van der Waals surface area contributed by atoms with Crippen LogP contribution in [0, 0.1) is 0 Å². The zero-order valence-electron chi connectivity index (χ0n) is 9.20. The maximum Gasteiger partial charge on any atom is 0.416 e. The molecule has 0 bridgehead atoms. The van der Waals surface area contributed by atoms with Crippen molar-refractivity contribution in [2.24, 2.45) is 0 Å². The van der Waals surface area contributed by atoms with Gasteiger partial charge in [0.25, 0.3) is 0 Å². The minimum atomic E-state index is -4.36. The van der Waals surface area contributed by atoms with Crippen LogP contribution in [0.25, 0.3) is 0 Å². The number of hydrogen-bond acceptors (Lipinski definition) is 3. The smallest absolute Gasteiger partial charge is 0.396 e. The van der Waals surface area contributed by atoms with Crippen molar-refractivity contribution in [2.45, 2.75) is 6.18 Å². The molecule has 0 atom stereocenters. The first-order chi connectivity index (χ1) is 8.47. The van der Waals surface area contributed by atoms with E-state index < -0.39 is 11.7 Å². The molecule has 0 spiro atoms. The molecule has 0 unspecified atom stereocenters. The molecule has 0 aliphatic carbocycles. The van der Waals surface area contributed by atoms with Gasteiger partial charge in [-0.2, -0.15) is 13.2 Å². The van der Waals surface area contributed by atoms with E-state index in [1.807, 2.05) is 0 Å². The van der Waals surface area contributed by atoms with Crippen molar-refractivity contribution in [3.63, 3.8) is 0 Å². The van der Waals surface area contributed by atoms with Crippen LogP contribution >= 0.6 is 0 Å². The molecule has 0 fully saturated rings. The summed E-state index contributed by atoms with van der Waals surface area (Å²) in [6.45, 7) is 0. The number of anilines is 3. The first-order valence-electron chi connectivity index (χ1n) is 5.10. The fourth-order valence-corrected chi connectivity index (χ4v) is 1.45. The summed E-state index contributed by atoms with van der Waals surface area (Å²) in [4.78, 5) is 3.80. The lowest BCUT2D eigenvalue weighted by atomic mass is 10.2. The van der Waals surface area contributed by atoms with Crippen LogP contribution in [0.3, 0.4) is 0 Å². The molecule has 0 saturated carbocycles. The molecule has 2 aromatic rings. The Morgan fingerprint density at radius 1 is 1.17 bits per heavy atom. The lowest BCUT2D eigenvalue weighted by molar-refractivity contribution is -0.137. The van der Waals surface area contributed by atoms with Crippen molar-refractivity contribution >= 4 is 17.1 Å². The van der Waals surface area contributed by atoms with Crippen molar-refractivity contribution in [1.29, 1.82) is 0 Å². The predicted molar refractivity (Wildman–Crippen MR) is 63.4 cm³/mol. The monoisotopic (exact) mass is 253 g/mol. The van der Waals surface area contributed by atoms with E-state index in [0.717, 1.165) is 12.1 Å². The molecule has 0 aliphatic rings. The highest BCUT2D eigenvalue weighted by Gasteiger charge is 2.30. The summed E-state index contributed by atoms with van der Waals surface area (Å²) in [5.41, 5.74) is 6.15. The molecule has 2 rings (SSSR count). The summed E-state index contributed by atoms with van der Waals surface area (Å²) in [5.74, 6) is 0. The lowest BCUT2D eigenvalue weighted by Gasteiger charge is -2.11. The lowest BCUT2D eigenvalue weighted by Crippen LogP contribution is -2.05. The number of pyridine rings is 1. The van der Waals surface area contributed by atoms with Gasteiger partial charge in [0.15, 0.2) is 0 Å². The molecule has 18 heavy (non-hydrogen) atoms. The number of alkyl halides is 3. The Morgan fingerprint density at radius 3 is 2.61 bits per heavy atom. The van der Waals surface area contributed by atoms with Crippen LogP contribution in [0.4, 0.5) is 30.2 Å².